The minimum Gasteiger partial charge on any atom is -0.485 e. The Bertz CT molecular complexity index is 591. The summed E-state index contributed by atoms with van der Waals surface area (Å²) in [5.74, 6) is 0.392. The normalized spacial score (nSPS) is 9.95. The monoisotopic (exact) mass is 274 g/mol. The molecule has 2 aromatic carbocycles. The van der Waals surface area contributed by atoms with Gasteiger partial charge in [-0.3, -0.25) is 9.59 Å². The van der Waals surface area contributed by atoms with Crippen LogP contribution >= 0.6 is 11.6 Å². The van der Waals surface area contributed by atoms with Gasteiger partial charge in [0.25, 0.3) is 0 Å². The number of hydrogen-bond acceptors (Lipinski definition) is 3. The van der Waals surface area contributed by atoms with Crippen molar-refractivity contribution in [2.45, 2.75) is 0 Å². The summed E-state index contributed by atoms with van der Waals surface area (Å²) in [4.78, 5) is 22.3. The van der Waals surface area contributed by atoms with Crippen molar-refractivity contribution in [3.63, 3.8) is 0 Å². The highest BCUT2D eigenvalue weighted by atomic mass is 35.5. The van der Waals surface area contributed by atoms with E-state index in [4.69, 9.17) is 16.3 Å². The number of ketones is 1. The predicted octanol–water partition coefficient (Wildman–Crippen LogP) is 3.41. The molecule has 0 radical (unpaired) electrons. The molecule has 0 amide bonds. The molecule has 2 rings (SSSR count). The average molecular weight is 275 g/mol. The van der Waals surface area contributed by atoms with Crippen LogP contribution < -0.4 is 4.74 Å². The number of aldehydes is 1. The van der Waals surface area contributed by atoms with Gasteiger partial charge in [0.05, 0.1) is 0 Å². The number of carbonyl (C=O) groups excluding carboxylic acids is 2. The molecule has 0 heterocycles. The van der Waals surface area contributed by atoms with Crippen LogP contribution in [0, 0.1) is 0 Å². The molecule has 19 heavy (non-hydrogen) atoms. The van der Waals surface area contributed by atoms with Crippen molar-refractivity contribution >= 4 is 23.7 Å². The molecule has 0 fully saturated rings. The van der Waals surface area contributed by atoms with Crippen LogP contribution in [0.4, 0.5) is 0 Å². The predicted molar refractivity (Wildman–Crippen MR) is 73.1 cm³/mol. The summed E-state index contributed by atoms with van der Waals surface area (Å²) in [6.07, 6.45) is 0.751. The van der Waals surface area contributed by atoms with Crippen LogP contribution in [0.3, 0.4) is 0 Å². The lowest BCUT2D eigenvalue weighted by molar-refractivity contribution is 0.0921. The van der Waals surface area contributed by atoms with Crippen molar-refractivity contribution in [2.75, 3.05) is 6.61 Å². The van der Waals surface area contributed by atoms with E-state index in [2.05, 4.69) is 0 Å². The van der Waals surface area contributed by atoms with E-state index in [1.54, 1.807) is 48.5 Å². The van der Waals surface area contributed by atoms with Crippen LogP contribution in [-0.4, -0.2) is 18.7 Å². The standard InChI is InChI=1S/C15H11ClO3/c16-13-3-1-2-12(8-13)15(18)10-19-14-6-4-11(9-17)5-7-14/h1-9H,10H2. The molecular weight excluding hydrogens is 264 g/mol. The van der Waals surface area contributed by atoms with E-state index in [1.165, 1.54) is 0 Å². The van der Waals surface area contributed by atoms with Crippen LogP contribution in [-0.2, 0) is 0 Å². The van der Waals surface area contributed by atoms with E-state index in [-0.39, 0.29) is 12.4 Å². The van der Waals surface area contributed by atoms with Crippen molar-refractivity contribution in [2.24, 2.45) is 0 Å². The average Bonchev–Trinajstić information content (AvgIpc) is 2.45. The van der Waals surface area contributed by atoms with Gasteiger partial charge in [-0.15, -0.1) is 0 Å². The molecule has 0 N–H and O–H groups in total. The Morgan fingerprint density at radius 1 is 1.16 bits per heavy atom. The minimum atomic E-state index is -0.151. The topological polar surface area (TPSA) is 43.4 Å². The van der Waals surface area contributed by atoms with Crippen LogP contribution in [0.1, 0.15) is 20.7 Å². The first kappa shape index (κ1) is 13.3. The molecule has 0 aliphatic heterocycles. The van der Waals surface area contributed by atoms with Gasteiger partial charge in [-0.25, -0.2) is 0 Å². The lowest BCUT2D eigenvalue weighted by Gasteiger charge is -2.05. The number of rotatable bonds is 5. The molecule has 0 spiro atoms. The zero-order valence-corrected chi connectivity index (χ0v) is 10.8. The first-order chi connectivity index (χ1) is 9.19. The lowest BCUT2D eigenvalue weighted by atomic mass is 10.1. The fourth-order valence-corrected chi connectivity index (χ4v) is 1.73. The number of carbonyl (C=O) groups is 2. The van der Waals surface area contributed by atoms with E-state index in [0.29, 0.717) is 21.9 Å². The third-order valence-electron chi connectivity index (χ3n) is 2.53. The van der Waals surface area contributed by atoms with Gasteiger partial charge in [-0.2, -0.15) is 0 Å². The Hall–Kier alpha value is -2.13. The summed E-state index contributed by atoms with van der Waals surface area (Å²) in [5.41, 5.74) is 1.07. The third kappa shape index (κ3) is 3.66. The van der Waals surface area contributed by atoms with Gasteiger partial charge >= 0.3 is 0 Å². The Morgan fingerprint density at radius 3 is 2.53 bits per heavy atom. The van der Waals surface area contributed by atoms with Crippen LogP contribution in [0.25, 0.3) is 0 Å². The first-order valence-electron chi connectivity index (χ1n) is 5.66. The summed E-state index contributed by atoms with van der Waals surface area (Å²) < 4.78 is 5.35. The van der Waals surface area contributed by atoms with E-state index < -0.39 is 0 Å². The Labute approximate surface area is 115 Å². The van der Waals surface area contributed by atoms with E-state index in [0.717, 1.165) is 6.29 Å². The summed E-state index contributed by atoms with van der Waals surface area (Å²) in [5, 5.41) is 0.515. The number of hydrogen-bond donors (Lipinski definition) is 0. The second kappa shape index (κ2) is 6.16. The molecule has 0 saturated carbocycles. The molecule has 0 unspecified atom stereocenters. The van der Waals surface area contributed by atoms with E-state index in [1.807, 2.05) is 0 Å². The summed E-state index contributed by atoms with van der Waals surface area (Å²) >= 11 is 5.81. The van der Waals surface area contributed by atoms with Crippen molar-refractivity contribution in [1.82, 2.24) is 0 Å². The number of ether oxygens (including phenoxy) is 1. The van der Waals surface area contributed by atoms with Gasteiger partial charge in [0, 0.05) is 16.1 Å². The second-order valence-corrected chi connectivity index (χ2v) is 4.35. The summed E-state index contributed by atoms with van der Waals surface area (Å²) in [7, 11) is 0. The maximum absolute atomic E-state index is 11.9. The summed E-state index contributed by atoms with van der Waals surface area (Å²) in [6.45, 7) is -0.0687. The van der Waals surface area contributed by atoms with Gasteiger partial charge in [-0.1, -0.05) is 23.7 Å². The van der Waals surface area contributed by atoms with Gasteiger partial charge in [0.15, 0.2) is 12.4 Å². The Balaban J connectivity index is 1.98. The fraction of sp³-hybridized carbons (Fsp3) is 0.0667. The van der Waals surface area contributed by atoms with Crippen molar-refractivity contribution < 1.29 is 14.3 Å². The maximum atomic E-state index is 11.9. The van der Waals surface area contributed by atoms with Crippen LogP contribution in [0.2, 0.25) is 5.02 Å². The highest BCUT2D eigenvalue weighted by Gasteiger charge is 2.07. The van der Waals surface area contributed by atoms with Crippen LogP contribution in [0.15, 0.2) is 48.5 Å². The van der Waals surface area contributed by atoms with Crippen molar-refractivity contribution in [3.8, 4) is 5.75 Å². The highest BCUT2D eigenvalue weighted by Crippen LogP contribution is 2.14. The summed E-state index contributed by atoms with van der Waals surface area (Å²) in [6, 6.07) is 13.3. The maximum Gasteiger partial charge on any atom is 0.200 e. The number of Topliss-reactive ketones (excluding diaryl/α,β-unsaturated/α-hetero) is 1. The quantitative estimate of drug-likeness (QED) is 0.620. The molecule has 0 aliphatic rings. The zero-order valence-electron chi connectivity index (χ0n) is 10.0. The lowest BCUT2D eigenvalue weighted by Crippen LogP contribution is -2.11. The zero-order chi connectivity index (χ0) is 13.7. The molecule has 0 bridgehead atoms. The fourth-order valence-electron chi connectivity index (χ4n) is 1.54. The molecule has 0 saturated heterocycles. The van der Waals surface area contributed by atoms with E-state index in [9.17, 15) is 9.59 Å². The Morgan fingerprint density at radius 2 is 1.89 bits per heavy atom. The molecular formula is C15H11ClO3. The first-order valence-corrected chi connectivity index (χ1v) is 6.03. The molecule has 0 aromatic heterocycles. The van der Waals surface area contributed by atoms with Gasteiger partial charge in [-0.05, 0) is 36.4 Å². The van der Waals surface area contributed by atoms with Gasteiger partial charge < -0.3 is 4.74 Å². The number of halogens is 1. The SMILES string of the molecule is O=Cc1ccc(OCC(=O)c2cccc(Cl)c2)cc1. The highest BCUT2D eigenvalue weighted by molar-refractivity contribution is 6.31. The largest absolute Gasteiger partial charge is 0.485 e. The molecule has 96 valence electrons. The smallest absolute Gasteiger partial charge is 0.200 e. The third-order valence-corrected chi connectivity index (χ3v) is 2.77. The molecule has 0 atom stereocenters. The van der Waals surface area contributed by atoms with E-state index >= 15 is 0 Å². The second-order valence-electron chi connectivity index (χ2n) is 3.91. The van der Waals surface area contributed by atoms with Crippen molar-refractivity contribution in [3.05, 3.63) is 64.7 Å². The molecule has 2 aromatic rings. The minimum absolute atomic E-state index is 0.0687. The molecule has 0 aliphatic carbocycles. The number of benzene rings is 2. The van der Waals surface area contributed by atoms with Gasteiger partial charge in [0.1, 0.15) is 12.0 Å². The van der Waals surface area contributed by atoms with Crippen LogP contribution in [0.5, 0.6) is 5.75 Å². The molecule has 4 heteroatoms. The van der Waals surface area contributed by atoms with Gasteiger partial charge in [0.2, 0.25) is 0 Å². The van der Waals surface area contributed by atoms with Crippen molar-refractivity contribution in [1.29, 1.82) is 0 Å². The molecule has 3 nitrogen and oxygen atoms in total. The Kier molecular flexibility index (Phi) is 4.31.